The van der Waals surface area contributed by atoms with Gasteiger partial charge in [0.2, 0.25) is 0 Å². The molecule has 0 saturated heterocycles. The molecule has 0 aliphatic rings. The van der Waals surface area contributed by atoms with Crippen molar-refractivity contribution < 1.29 is 4.74 Å². The van der Waals surface area contributed by atoms with E-state index in [0.29, 0.717) is 12.3 Å². The molecule has 0 amide bonds. The second kappa shape index (κ2) is 8.79. The van der Waals surface area contributed by atoms with Crippen molar-refractivity contribution in [1.29, 1.82) is 0 Å². The van der Waals surface area contributed by atoms with E-state index in [1.54, 1.807) is 0 Å². The lowest BCUT2D eigenvalue weighted by Crippen LogP contribution is -2.31. The average Bonchev–Trinajstić information content (AvgIpc) is 2.22. The highest BCUT2D eigenvalue weighted by atomic mass is 32.1. The van der Waals surface area contributed by atoms with Gasteiger partial charge in [0.05, 0.1) is 6.21 Å². The Morgan fingerprint density at radius 2 is 1.94 bits per heavy atom. The zero-order chi connectivity index (χ0) is 13.3. The standard InChI is InChI=1S/C8H16N6OS2/c1-3-15-5(2)6(12-14-8(10)17)4-11-13-7(9)16/h4-5H,3H2,1-2H3,(H3,9,13,16)(H3,10,14,17)/b11-4+,12-6-/t5-/m0/s1. The van der Waals surface area contributed by atoms with Crippen LogP contribution in [0.4, 0.5) is 0 Å². The van der Waals surface area contributed by atoms with Gasteiger partial charge in [0.25, 0.3) is 0 Å². The van der Waals surface area contributed by atoms with Gasteiger partial charge >= 0.3 is 0 Å². The summed E-state index contributed by atoms with van der Waals surface area (Å²) in [5, 5.41) is 7.84. The molecule has 0 aliphatic heterocycles. The van der Waals surface area contributed by atoms with Crippen LogP contribution in [0.15, 0.2) is 10.2 Å². The van der Waals surface area contributed by atoms with Gasteiger partial charge in [-0.15, -0.1) is 0 Å². The number of ether oxygens (including phenoxy) is 1. The highest BCUT2D eigenvalue weighted by Crippen LogP contribution is 1.93. The Balaban J connectivity index is 4.60. The Morgan fingerprint density at radius 1 is 1.35 bits per heavy atom. The van der Waals surface area contributed by atoms with Crippen LogP contribution in [0.25, 0.3) is 0 Å². The summed E-state index contributed by atoms with van der Waals surface area (Å²) >= 11 is 9.23. The van der Waals surface area contributed by atoms with Crippen LogP contribution in [0.1, 0.15) is 13.8 Å². The van der Waals surface area contributed by atoms with E-state index in [4.69, 9.17) is 16.2 Å². The van der Waals surface area contributed by atoms with Crippen LogP contribution in [0, 0.1) is 0 Å². The first-order chi connectivity index (χ1) is 7.97. The number of hydrogen-bond acceptors (Lipinski definition) is 5. The molecule has 0 rings (SSSR count). The maximum Gasteiger partial charge on any atom is 0.184 e. The lowest BCUT2D eigenvalue weighted by molar-refractivity contribution is 0.123. The van der Waals surface area contributed by atoms with Gasteiger partial charge in [0.15, 0.2) is 10.2 Å². The molecule has 96 valence electrons. The van der Waals surface area contributed by atoms with Crippen LogP contribution in [0.3, 0.4) is 0 Å². The molecule has 0 saturated carbocycles. The molecule has 0 aromatic rings. The number of thiocarbonyl (C=S) groups is 2. The van der Waals surface area contributed by atoms with Crippen molar-refractivity contribution in [1.82, 2.24) is 10.9 Å². The first-order valence-corrected chi connectivity index (χ1v) is 5.62. The molecule has 0 fully saturated rings. The molecule has 0 aromatic carbocycles. The van der Waals surface area contributed by atoms with Gasteiger partial charge in [0, 0.05) is 6.61 Å². The predicted molar refractivity (Wildman–Crippen MR) is 76.9 cm³/mol. The van der Waals surface area contributed by atoms with E-state index >= 15 is 0 Å². The monoisotopic (exact) mass is 276 g/mol. The van der Waals surface area contributed by atoms with Gasteiger partial charge in [0.1, 0.15) is 11.8 Å². The molecule has 0 bridgehead atoms. The van der Waals surface area contributed by atoms with Gasteiger partial charge in [-0.1, -0.05) is 0 Å². The van der Waals surface area contributed by atoms with Crippen molar-refractivity contribution in [3.05, 3.63) is 0 Å². The Labute approximate surface area is 111 Å². The minimum absolute atomic E-state index is 0.0573. The third-order valence-corrected chi connectivity index (χ3v) is 1.68. The smallest absolute Gasteiger partial charge is 0.184 e. The normalized spacial score (nSPS) is 13.4. The van der Waals surface area contributed by atoms with Crippen molar-refractivity contribution in [2.24, 2.45) is 21.7 Å². The van der Waals surface area contributed by atoms with Crippen molar-refractivity contribution >= 4 is 46.6 Å². The zero-order valence-electron chi connectivity index (χ0n) is 9.64. The van der Waals surface area contributed by atoms with E-state index in [0.717, 1.165) is 0 Å². The Bertz CT molecular complexity index is 330. The van der Waals surface area contributed by atoms with Gasteiger partial charge in [-0.2, -0.15) is 10.2 Å². The lowest BCUT2D eigenvalue weighted by Gasteiger charge is -2.11. The third-order valence-electron chi connectivity index (χ3n) is 1.50. The summed E-state index contributed by atoms with van der Waals surface area (Å²) in [5.74, 6) is 0. The summed E-state index contributed by atoms with van der Waals surface area (Å²) < 4.78 is 5.36. The van der Waals surface area contributed by atoms with E-state index in [-0.39, 0.29) is 16.3 Å². The maximum atomic E-state index is 5.36. The average molecular weight is 276 g/mol. The largest absolute Gasteiger partial charge is 0.375 e. The highest BCUT2D eigenvalue weighted by molar-refractivity contribution is 7.80. The molecule has 0 spiro atoms. The molecule has 0 unspecified atom stereocenters. The predicted octanol–water partition coefficient (Wildman–Crippen LogP) is -0.580. The summed E-state index contributed by atoms with van der Waals surface area (Å²) in [6, 6.07) is 0. The van der Waals surface area contributed by atoms with Crippen LogP contribution in [0.5, 0.6) is 0 Å². The summed E-state index contributed by atoms with van der Waals surface area (Å²) in [4.78, 5) is 0. The molecule has 1 atom stereocenters. The Hall–Kier alpha value is -1.32. The molecule has 0 heterocycles. The number of hydrazone groups is 2. The number of nitrogens with two attached hydrogens (primary N) is 2. The van der Waals surface area contributed by atoms with Crippen LogP contribution in [-0.2, 0) is 4.74 Å². The fraction of sp³-hybridized carbons (Fsp3) is 0.500. The molecule has 9 heteroatoms. The number of nitrogens with one attached hydrogen (secondary N) is 2. The molecule has 7 nitrogen and oxygen atoms in total. The van der Waals surface area contributed by atoms with Crippen molar-refractivity contribution in [2.45, 2.75) is 20.0 Å². The minimum atomic E-state index is -0.265. The van der Waals surface area contributed by atoms with Crippen molar-refractivity contribution in [2.75, 3.05) is 6.61 Å². The second-order valence-corrected chi connectivity index (χ2v) is 3.72. The third kappa shape index (κ3) is 8.48. The summed E-state index contributed by atoms with van der Waals surface area (Å²) in [5.41, 5.74) is 15.8. The van der Waals surface area contributed by atoms with Gasteiger partial charge in [-0.25, -0.2) is 0 Å². The second-order valence-electron chi connectivity index (χ2n) is 2.84. The van der Waals surface area contributed by atoms with E-state index in [1.807, 2.05) is 13.8 Å². The van der Waals surface area contributed by atoms with Crippen LogP contribution < -0.4 is 22.3 Å². The van der Waals surface area contributed by atoms with Gasteiger partial charge in [-0.3, -0.25) is 10.9 Å². The number of hydrogen-bond donors (Lipinski definition) is 4. The Morgan fingerprint density at radius 3 is 2.41 bits per heavy atom. The fourth-order valence-electron chi connectivity index (χ4n) is 0.842. The van der Waals surface area contributed by atoms with Gasteiger partial charge in [-0.05, 0) is 38.3 Å². The first kappa shape index (κ1) is 15.7. The number of rotatable bonds is 6. The molecule has 17 heavy (non-hydrogen) atoms. The molecule has 6 N–H and O–H groups in total. The van der Waals surface area contributed by atoms with Crippen LogP contribution in [-0.4, -0.2) is 34.9 Å². The van der Waals surface area contributed by atoms with E-state index in [2.05, 4.69) is 45.5 Å². The van der Waals surface area contributed by atoms with E-state index in [9.17, 15) is 0 Å². The zero-order valence-corrected chi connectivity index (χ0v) is 11.3. The SMILES string of the molecule is CCO[C@@H](C)C(/C=N/NC(N)=S)=N\NC(N)=S. The minimum Gasteiger partial charge on any atom is -0.375 e. The van der Waals surface area contributed by atoms with E-state index < -0.39 is 0 Å². The first-order valence-electron chi connectivity index (χ1n) is 4.80. The lowest BCUT2D eigenvalue weighted by atomic mass is 10.2. The topological polar surface area (TPSA) is 110 Å². The maximum absolute atomic E-state index is 5.36. The van der Waals surface area contributed by atoms with Crippen LogP contribution in [0.2, 0.25) is 0 Å². The van der Waals surface area contributed by atoms with Crippen molar-refractivity contribution in [3.63, 3.8) is 0 Å². The summed E-state index contributed by atoms with van der Waals surface area (Å²) in [7, 11) is 0. The quantitative estimate of drug-likeness (QED) is 0.292. The number of nitrogens with zero attached hydrogens (tertiary/aromatic N) is 2. The Kier molecular flexibility index (Phi) is 8.11. The molecular formula is C8H16N6OS2. The van der Waals surface area contributed by atoms with E-state index in [1.165, 1.54) is 6.21 Å². The summed E-state index contributed by atoms with van der Waals surface area (Å²) in [6.07, 6.45) is 1.16. The molecule has 0 aliphatic carbocycles. The molecular weight excluding hydrogens is 260 g/mol. The van der Waals surface area contributed by atoms with Gasteiger partial charge < -0.3 is 16.2 Å². The molecule has 0 radical (unpaired) electrons. The highest BCUT2D eigenvalue weighted by Gasteiger charge is 2.08. The van der Waals surface area contributed by atoms with Crippen molar-refractivity contribution in [3.8, 4) is 0 Å². The fourth-order valence-corrected chi connectivity index (χ4v) is 0.940. The van der Waals surface area contributed by atoms with Crippen LogP contribution >= 0.6 is 24.4 Å². The molecule has 0 aromatic heterocycles. The summed E-state index contributed by atoms with van der Waals surface area (Å²) in [6.45, 7) is 4.24.